The Morgan fingerprint density at radius 3 is 2.71 bits per heavy atom. The summed E-state index contributed by atoms with van der Waals surface area (Å²) in [5.74, 6) is 7.33. The van der Waals surface area contributed by atoms with Crippen molar-refractivity contribution in [2.24, 2.45) is 11.8 Å². The Bertz CT molecular complexity index is 587. The molecule has 3 N–H and O–H groups in total. The molecule has 114 valence electrons. The Kier molecular flexibility index (Phi) is 5.30. The first-order chi connectivity index (χ1) is 10.2. The Labute approximate surface area is 125 Å². The summed E-state index contributed by atoms with van der Waals surface area (Å²) in [6.45, 7) is 6.70. The molecular formula is C15H23N5O. The molecule has 0 unspecified atom stereocenters. The lowest BCUT2D eigenvalue weighted by Crippen LogP contribution is -2.32. The van der Waals surface area contributed by atoms with Crippen molar-refractivity contribution in [2.45, 2.75) is 13.8 Å². The predicted molar refractivity (Wildman–Crippen MR) is 86.3 cm³/mol. The van der Waals surface area contributed by atoms with Crippen LogP contribution in [0.2, 0.25) is 0 Å². The smallest absolute Gasteiger partial charge is 0.239 e. The number of hydrogen-bond donors (Lipinski definition) is 2. The fourth-order valence-corrected chi connectivity index (χ4v) is 2.29. The number of rotatable bonds is 7. The van der Waals surface area contributed by atoms with Crippen LogP contribution in [0, 0.1) is 5.92 Å². The number of nitrogens with two attached hydrogens (primary N) is 1. The number of methoxy groups -OCH3 is 1. The van der Waals surface area contributed by atoms with Gasteiger partial charge < -0.3 is 9.64 Å². The number of ether oxygens (including phenoxy) is 1. The second kappa shape index (κ2) is 7.19. The highest BCUT2D eigenvalue weighted by Gasteiger charge is 2.15. The predicted octanol–water partition coefficient (Wildman–Crippen LogP) is 2.02. The van der Waals surface area contributed by atoms with E-state index >= 15 is 0 Å². The van der Waals surface area contributed by atoms with Crippen molar-refractivity contribution in [1.29, 1.82) is 0 Å². The SMILES string of the molecule is COCCN(CC(C)C)c1nc(NN)nc2ccccc12. The Balaban J connectivity index is 2.48. The lowest BCUT2D eigenvalue weighted by molar-refractivity contribution is 0.204. The van der Waals surface area contributed by atoms with Crippen LogP contribution in [0.5, 0.6) is 0 Å². The maximum Gasteiger partial charge on any atom is 0.239 e. The molecule has 0 fully saturated rings. The molecule has 0 aliphatic heterocycles. The van der Waals surface area contributed by atoms with E-state index in [9.17, 15) is 0 Å². The molecule has 0 amide bonds. The van der Waals surface area contributed by atoms with Gasteiger partial charge in [0, 0.05) is 25.6 Å². The quantitative estimate of drug-likeness (QED) is 0.600. The van der Waals surface area contributed by atoms with E-state index in [1.54, 1.807) is 7.11 Å². The van der Waals surface area contributed by atoms with E-state index in [4.69, 9.17) is 10.6 Å². The maximum atomic E-state index is 5.49. The van der Waals surface area contributed by atoms with Crippen molar-refractivity contribution < 1.29 is 4.74 Å². The monoisotopic (exact) mass is 289 g/mol. The molecule has 2 rings (SSSR count). The third-order valence-corrected chi connectivity index (χ3v) is 3.16. The van der Waals surface area contributed by atoms with Gasteiger partial charge in [-0.1, -0.05) is 26.0 Å². The first-order valence-corrected chi connectivity index (χ1v) is 7.13. The number of anilines is 2. The standard InChI is InChI=1S/C15H23N5O/c1-11(2)10-20(8-9-21-3)14-12-6-4-5-7-13(12)17-15(18-14)19-16/h4-7,11H,8-10,16H2,1-3H3,(H,17,18,19). The minimum Gasteiger partial charge on any atom is -0.383 e. The Hall–Kier alpha value is -1.92. The maximum absolute atomic E-state index is 5.49. The lowest BCUT2D eigenvalue weighted by atomic mass is 10.1. The van der Waals surface area contributed by atoms with Gasteiger partial charge in [-0.15, -0.1) is 0 Å². The van der Waals surface area contributed by atoms with Crippen LogP contribution in [-0.2, 0) is 4.74 Å². The van der Waals surface area contributed by atoms with Crippen LogP contribution >= 0.6 is 0 Å². The van der Waals surface area contributed by atoms with E-state index in [1.165, 1.54) is 0 Å². The third kappa shape index (κ3) is 3.80. The van der Waals surface area contributed by atoms with Crippen molar-refractivity contribution in [2.75, 3.05) is 37.1 Å². The summed E-state index contributed by atoms with van der Waals surface area (Å²) in [6.07, 6.45) is 0. The van der Waals surface area contributed by atoms with Gasteiger partial charge in [0.25, 0.3) is 0 Å². The van der Waals surface area contributed by atoms with Crippen LogP contribution in [0.4, 0.5) is 11.8 Å². The number of nitrogens with one attached hydrogen (secondary N) is 1. The molecule has 6 nitrogen and oxygen atoms in total. The number of benzene rings is 1. The summed E-state index contributed by atoms with van der Waals surface area (Å²) < 4.78 is 5.22. The highest BCUT2D eigenvalue weighted by Crippen LogP contribution is 2.25. The highest BCUT2D eigenvalue weighted by molar-refractivity contribution is 5.90. The van der Waals surface area contributed by atoms with Gasteiger partial charge in [0.15, 0.2) is 0 Å². The molecule has 1 aromatic carbocycles. The van der Waals surface area contributed by atoms with E-state index < -0.39 is 0 Å². The molecule has 21 heavy (non-hydrogen) atoms. The van der Waals surface area contributed by atoms with E-state index in [0.29, 0.717) is 18.5 Å². The minimum atomic E-state index is 0.426. The second-order valence-electron chi connectivity index (χ2n) is 5.36. The number of nitrogens with zero attached hydrogens (tertiary/aromatic N) is 3. The van der Waals surface area contributed by atoms with Crippen molar-refractivity contribution in [3.63, 3.8) is 0 Å². The third-order valence-electron chi connectivity index (χ3n) is 3.16. The fraction of sp³-hybridized carbons (Fsp3) is 0.467. The highest BCUT2D eigenvalue weighted by atomic mass is 16.5. The Morgan fingerprint density at radius 1 is 1.29 bits per heavy atom. The first kappa shape index (κ1) is 15.5. The van der Waals surface area contributed by atoms with Crippen LogP contribution in [-0.4, -0.2) is 36.8 Å². The van der Waals surface area contributed by atoms with Crippen LogP contribution in [0.3, 0.4) is 0 Å². The van der Waals surface area contributed by atoms with Gasteiger partial charge in [-0.25, -0.2) is 10.8 Å². The number of aromatic nitrogens is 2. The largest absolute Gasteiger partial charge is 0.383 e. The average Bonchev–Trinajstić information content (AvgIpc) is 2.50. The van der Waals surface area contributed by atoms with Gasteiger partial charge >= 0.3 is 0 Å². The van der Waals surface area contributed by atoms with Gasteiger partial charge in [-0.2, -0.15) is 4.98 Å². The topological polar surface area (TPSA) is 76.3 Å². The molecule has 0 aliphatic rings. The Morgan fingerprint density at radius 2 is 2.05 bits per heavy atom. The molecular weight excluding hydrogens is 266 g/mol. The molecule has 0 bridgehead atoms. The van der Waals surface area contributed by atoms with Crippen molar-refractivity contribution in [3.05, 3.63) is 24.3 Å². The van der Waals surface area contributed by atoms with Crippen LogP contribution in [0.25, 0.3) is 10.9 Å². The lowest BCUT2D eigenvalue weighted by Gasteiger charge is -2.26. The summed E-state index contributed by atoms with van der Waals surface area (Å²) in [5, 5.41) is 1.02. The number of hydrogen-bond acceptors (Lipinski definition) is 6. The van der Waals surface area contributed by atoms with Gasteiger partial charge in [-0.05, 0) is 18.1 Å². The molecule has 0 radical (unpaired) electrons. The summed E-state index contributed by atoms with van der Waals surface area (Å²) in [4.78, 5) is 11.2. The van der Waals surface area contributed by atoms with E-state index in [1.807, 2.05) is 24.3 Å². The van der Waals surface area contributed by atoms with Crippen LogP contribution in [0.15, 0.2) is 24.3 Å². The van der Waals surface area contributed by atoms with Crippen molar-refractivity contribution in [1.82, 2.24) is 9.97 Å². The zero-order chi connectivity index (χ0) is 15.2. The number of fused-ring (bicyclic) bond motifs is 1. The summed E-state index contributed by atoms with van der Waals surface area (Å²) >= 11 is 0. The van der Waals surface area contributed by atoms with Crippen LogP contribution < -0.4 is 16.2 Å². The minimum absolute atomic E-state index is 0.426. The van der Waals surface area contributed by atoms with Gasteiger partial charge in [0.1, 0.15) is 5.82 Å². The zero-order valence-corrected chi connectivity index (χ0v) is 12.8. The molecule has 0 atom stereocenters. The molecule has 0 saturated carbocycles. The molecule has 2 aromatic rings. The van der Waals surface area contributed by atoms with Crippen LogP contribution in [0.1, 0.15) is 13.8 Å². The van der Waals surface area contributed by atoms with Gasteiger partial charge in [0.2, 0.25) is 5.95 Å². The summed E-state index contributed by atoms with van der Waals surface area (Å²) in [6, 6.07) is 7.95. The fourth-order valence-electron chi connectivity index (χ4n) is 2.29. The number of nitrogen functional groups attached to an aromatic ring is 1. The second-order valence-corrected chi connectivity index (χ2v) is 5.36. The number of hydrazine groups is 1. The van der Waals surface area contributed by atoms with E-state index in [2.05, 4.69) is 34.1 Å². The molecule has 0 aliphatic carbocycles. The molecule has 6 heteroatoms. The van der Waals surface area contributed by atoms with E-state index in [-0.39, 0.29) is 0 Å². The van der Waals surface area contributed by atoms with Gasteiger partial charge in [-0.3, -0.25) is 5.43 Å². The normalized spacial score (nSPS) is 11.1. The van der Waals surface area contributed by atoms with E-state index in [0.717, 1.165) is 29.8 Å². The average molecular weight is 289 g/mol. The molecule has 1 heterocycles. The molecule has 0 saturated heterocycles. The summed E-state index contributed by atoms with van der Waals surface area (Å²) in [7, 11) is 1.71. The zero-order valence-electron chi connectivity index (χ0n) is 12.8. The van der Waals surface area contributed by atoms with Gasteiger partial charge in [0.05, 0.1) is 12.1 Å². The number of para-hydroxylation sites is 1. The molecule has 0 spiro atoms. The first-order valence-electron chi connectivity index (χ1n) is 7.13. The molecule has 1 aromatic heterocycles. The van der Waals surface area contributed by atoms with Crippen molar-refractivity contribution in [3.8, 4) is 0 Å². The van der Waals surface area contributed by atoms with Crippen molar-refractivity contribution >= 4 is 22.7 Å². The summed E-state index contributed by atoms with van der Waals surface area (Å²) in [5.41, 5.74) is 3.42.